The van der Waals surface area contributed by atoms with E-state index in [1.807, 2.05) is 0 Å². The summed E-state index contributed by atoms with van der Waals surface area (Å²) in [5.41, 5.74) is 5.96. The molecule has 0 saturated heterocycles. The molecule has 2 nitrogen and oxygen atoms in total. The molecule has 2 aliphatic rings. The van der Waals surface area contributed by atoms with Gasteiger partial charge in [0.05, 0.1) is 6.10 Å². The van der Waals surface area contributed by atoms with Crippen LogP contribution in [0.3, 0.4) is 0 Å². The summed E-state index contributed by atoms with van der Waals surface area (Å²) in [7, 11) is 0. The van der Waals surface area contributed by atoms with Gasteiger partial charge in [0.2, 0.25) is 0 Å². The molecule has 0 aromatic rings. The smallest absolute Gasteiger partial charge is 0.0726 e. The Morgan fingerprint density at radius 2 is 1.77 bits per heavy atom. The number of nitrogens with two attached hydrogens (primary N) is 1. The molecular weight excluding hydrogens is 186 g/mol. The van der Waals surface area contributed by atoms with E-state index in [4.69, 9.17) is 10.5 Å². The topological polar surface area (TPSA) is 35.2 Å². The fraction of sp³-hybridized carbons (Fsp3) is 1.00. The van der Waals surface area contributed by atoms with Gasteiger partial charge in [0.25, 0.3) is 0 Å². The molecule has 2 saturated carbocycles. The van der Waals surface area contributed by atoms with Crippen LogP contribution in [0.4, 0.5) is 0 Å². The fourth-order valence-corrected chi connectivity index (χ4v) is 1.88. The summed E-state index contributed by atoms with van der Waals surface area (Å²) in [6.45, 7) is 0.971. The van der Waals surface area contributed by atoms with Crippen molar-refractivity contribution in [2.45, 2.75) is 50.7 Å². The van der Waals surface area contributed by atoms with E-state index in [-0.39, 0.29) is 12.4 Å². The average molecular weight is 206 g/mol. The largest absolute Gasteiger partial charge is 0.376 e. The summed E-state index contributed by atoms with van der Waals surface area (Å²) in [6.07, 6.45) is 8.08. The summed E-state index contributed by atoms with van der Waals surface area (Å²) in [5, 5.41) is 0. The first-order valence-electron chi connectivity index (χ1n) is 5.23. The average Bonchev–Trinajstić information content (AvgIpc) is 2.86. The van der Waals surface area contributed by atoms with E-state index in [9.17, 15) is 0 Å². The van der Waals surface area contributed by atoms with Gasteiger partial charge in [-0.15, -0.1) is 12.4 Å². The molecule has 2 fully saturated rings. The predicted octanol–water partition coefficient (Wildman–Crippen LogP) is 2.10. The summed E-state index contributed by atoms with van der Waals surface area (Å²) < 4.78 is 5.79. The van der Waals surface area contributed by atoms with Gasteiger partial charge in [-0.1, -0.05) is 12.8 Å². The van der Waals surface area contributed by atoms with Crippen molar-refractivity contribution in [1.29, 1.82) is 0 Å². The second kappa shape index (κ2) is 5.18. The second-order valence-electron chi connectivity index (χ2n) is 4.26. The van der Waals surface area contributed by atoms with Crippen LogP contribution in [-0.4, -0.2) is 18.8 Å². The minimum atomic E-state index is 0. The molecule has 0 aliphatic heterocycles. The van der Waals surface area contributed by atoms with Crippen molar-refractivity contribution in [2.75, 3.05) is 6.61 Å². The summed E-state index contributed by atoms with van der Waals surface area (Å²) in [5.74, 6) is 0.874. The molecule has 0 amide bonds. The number of hydrogen-bond acceptors (Lipinski definition) is 2. The van der Waals surface area contributed by atoms with Gasteiger partial charge < -0.3 is 10.5 Å². The van der Waals surface area contributed by atoms with Crippen molar-refractivity contribution in [2.24, 2.45) is 11.7 Å². The van der Waals surface area contributed by atoms with Crippen molar-refractivity contribution in [3.05, 3.63) is 0 Å². The molecule has 0 aromatic heterocycles. The number of rotatable bonds is 3. The van der Waals surface area contributed by atoms with Gasteiger partial charge in [0.15, 0.2) is 0 Å². The molecule has 0 unspecified atom stereocenters. The molecule has 0 radical (unpaired) electrons. The SMILES string of the molecule is Cl.N[C@@H]1CCCC[C@@H]1OCC1CC1. The van der Waals surface area contributed by atoms with E-state index in [1.54, 1.807) is 0 Å². The maximum absolute atomic E-state index is 5.96. The van der Waals surface area contributed by atoms with Gasteiger partial charge in [0, 0.05) is 12.6 Å². The van der Waals surface area contributed by atoms with Crippen LogP contribution >= 0.6 is 12.4 Å². The third-order valence-electron chi connectivity index (χ3n) is 3.00. The molecular formula is C10H20ClNO. The first-order chi connectivity index (χ1) is 5.86. The molecule has 3 heteroatoms. The molecule has 2 atom stereocenters. The van der Waals surface area contributed by atoms with Gasteiger partial charge in [0.1, 0.15) is 0 Å². The highest BCUT2D eigenvalue weighted by atomic mass is 35.5. The number of hydrogen-bond donors (Lipinski definition) is 1. The van der Waals surface area contributed by atoms with E-state index in [1.165, 1.54) is 32.1 Å². The van der Waals surface area contributed by atoms with Gasteiger partial charge in [-0.25, -0.2) is 0 Å². The lowest BCUT2D eigenvalue weighted by atomic mass is 9.93. The van der Waals surface area contributed by atoms with E-state index in [0.29, 0.717) is 12.1 Å². The highest BCUT2D eigenvalue weighted by molar-refractivity contribution is 5.85. The highest BCUT2D eigenvalue weighted by Gasteiger charge is 2.26. The third kappa shape index (κ3) is 3.45. The van der Waals surface area contributed by atoms with E-state index < -0.39 is 0 Å². The first-order valence-corrected chi connectivity index (χ1v) is 5.23. The van der Waals surface area contributed by atoms with Crippen LogP contribution in [0.2, 0.25) is 0 Å². The summed E-state index contributed by atoms with van der Waals surface area (Å²) in [6, 6.07) is 0.317. The van der Waals surface area contributed by atoms with Crippen LogP contribution in [-0.2, 0) is 4.74 Å². The molecule has 0 heterocycles. The van der Waals surface area contributed by atoms with Crippen molar-refractivity contribution in [3.8, 4) is 0 Å². The quantitative estimate of drug-likeness (QED) is 0.766. The van der Waals surface area contributed by atoms with Crippen molar-refractivity contribution in [1.82, 2.24) is 0 Å². The van der Waals surface area contributed by atoms with Crippen molar-refractivity contribution in [3.63, 3.8) is 0 Å². The second-order valence-corrected chi connectivity index (χ2v) is 4.26. The first kappa shape index (κ1) is 11.3. The Labute approximate surface area is 86.6 Å². The number of halogens is 1. The minimum Gasteiger partial charge on any atom is -0.376 e. The highest BCUT2D eigenvalue weighted by Crippen LogP contribution is 2.30. The monoisotopic (exact) mass is 205 g/mol. The summed E-state index contributed by atoms with van der Waals surface area (Å²) >= 11 is 0. The molecule has 0 aromatic carbocycles. The molecule has 2 aliphatic carbocycles. The van der Waals surface area contributed by atoms with Crippen LogP contribution in [0.1, 0.15) is 38.5 Å². The van der Waals surface area contributed by atoms with E-state index in [2.05, 4.69) is 0 Å². The Bertz CT molecular complexity index is 150. The van der Waals surface area contributed by atoms with Crippen LogP contribution in [0.15, 0.2) is 0 Å². The molecule has 0 spiro atoms. The van der Waals surface area contributed by atoms with Gasteiger partial charge in [-0.05, 0) is 31.6 Å². The van der Waals surface area contributed by atoms with Crippen LogP contribution in [0.5, 0.6) is 0 Å². The van der Waals surface area contributed by atoms with Crippen LogP contribution in [0.25, 0.3) is 0 Å². The number of ether oxygens (including phenoxy) is 1. The zero-order valence-corrected chi connectivity index (χ0v) is 8.89. The van der Waals surface area contributed by atoms with Crippen LogP contribution < -0.4 is 5.73 Å². The molecule has 78 valence electrons. The van der Waals surface area contributed by atoms with Crippen molar-refractivity contribution < 1.29 is 4.74 Å². The maximum Gasteiger partial charge on any atom is 0.0726 e. The van der Waals surface area contributed by atoms with Gasteiger partial charge >= 0.3 is 0 Å². The molecule has 2 rings (SSSR count). The Morgan fingerprint density at radius 1 is 1.08 bits per heavy atom. The lowest BCUT2D eigenvalue weighted by molar-refractivity contribution is 0.00939. The molecule has 0 bridgehead atoms. The summed E-state index contributed by atoms with van der Waals surface area (Å²) in [4.78, 5) is 0. The minimum absolute atomic E-state index is 0. The lowest BCUT2D eigenvalue weighted by Crippen LogP contribution is -2.39. The molecule has 13 heavy (non-hydrogen) atoms. The fourth-order valence-electron chi connectivity index (χ4n) is 1.88. The van der Waals surface area contributed by atoms with Crippen molar-refractivity contribution >= 4 is 12.4 Å². The standard InChI is InChI=1S/C10H19NO.ClH/c11-9-3-1-2-4-10(9)12-7-8-5-6-8;/h8-10H,1-7,11H2;1H/t9-,10+;/m1./s1. The van der Waals surface area contributed by atoms with Gasteiger partial charge in [-0.3, -0.25) is 0 Å². The van der Waals surface area contributed by atoms with E-state index in [0.717, 1.165) is 18.9 Å². The van der Waals surface area contributed by atoms with Crippen LogP contribution in [0, 0.1) is 5.92 Å². The zero-order chi connectivity index (χ0) is 8.39. The third-order valence-corrected chi connectivity index (χ3v) is 3.00. The molecule has 2 N–H and O–H groups in total. The normalized spacial score (nSPS) is 33.9. The Kier molecular flexibility index (Phi) is 4.50. The maximum atomic E-state index is 5.96. The lowest BCUT2D eigenvalue weighted by Gasteiger charge is -2.28. The Hall–Kier alpha value is 0.210. The van der Waals surface area contributed by atoms with E-state index >= 15 is 0 Å². The predicted molar refractivity (Wildman–Crippen MR) is 56.2 cm³/mol. The van der Waals surface area contributed by atoms with Gasteiger partial charge in [-0.2, -0.15) is 0 Å². The Balaban J connectivity index is 0.000000845. The Morgan fingerprint density at radius 3 is 2.38 bits per heavy atom. The zero-order valence-electron chi connectivity index (χ0n) is 8.08.